The first-order chi connectivity index (χ1) is 26.1. The second kappa shape index (κ2) is 16.8. The smallest absolute Gasteiger partial charge is 0.318 e. The van der Waals surface area contributed by atoms with Crippen LogP contribution in [0.3, 0.4) is 0 Å². The molecule has 0 unspecified atom stereocenters. The molecule has 2 saturated heterocycles. The molecule has 1 amide bonds. The molecule has 2 N–H and O–H groups in total. The Morgan fingerprint density at radius 3 is 2.41 bits per heavy atom. The number of benzene rings is 3. The average molecular weight is 753 g/mol. The minimum Gasteiger partial charge on any atom is -0.379 e. The number of nitrogens with one attached hydrogen (secondary N) is 2. The number of fused-ring (bicyclic) bond motifs is 1. The van der Waals surface area contributed by atoms with Gasteiger partial charge in [0.2, 0.25) is 0 Å². The normalized spacial score (nSPS) is 18.2. The molecule has 1 aliphatic carbocycles. The van der Waals surface area contributed by atoms with Crippen molar-refractivity contribution in [1.29, 1.82) is 0 Å². The van der Waals surface area contributed by atoms with E-state index in [4.69, 9.17) is 16.3 Å². The molecule has 0 radical (unpaired) electrons. The summed E-state index contributed by atoms with van der Waals surface area (Å²) in [6, 6.07) is 19.3. The molecule has 3 aromatic carbocycles. The molecule has 7 rings (SSSR count). The molecule has 13 heteroatoms. The van der Waals surface area contributed by atoms with Gasteiger partial charge in [-0.3, -0.25) is 24.7 Å². The number of aromatic nitrogens is 2. The summed E-state index contributed by atoms with van der Waals surface area (Å²) in [7, 11) is 0. The number of anilines is 3. The number of hydrogen-bond donors (Lipinski definition) is 2. The first-order valence-electron chi connectivity index (χ1n) is 19.0. The fourth-order valence-corrected chi connectivity index (χ4v) is 8.02. The Hall–Kier alpha value is -4.62. The molecular weight excluding hydrogens is 704 g/mol. The summed E-state index contributed by atoms with van der Waals surface area (Å²) in [6.45, 7) is 14.2. The summed E-state index contributed by atoms with van der Waals surface area (Å²) in [4.78, 5) is 41.0. The Balaban J connectivity index is 0.962. The Morgan fingerprint density at radius 2 is 1.69 bits per heavy atom. The van der Waals surface area contributed by atoms with E-state index in [1.165, 1.54) is 29.5 Å². The van der Waals surface area contributed by atoms with Gasteiger partial charge in [0.25, 0.3) is 5.91 Å². The maximum absolute atomic E-state index is 13.4. The number of carbonyl (C=O) groups is 1. The SMILES string of the molecule is CC1(C)CCC(c2ccc(Cl)cc2)=C(CN2CCN(c3ccc(C(=O)Nc4ncnc5c([N+](=O)[O-])c(NCCCN6CCOCC6)ccc45)cc3)CC2)C1. The lowest BCUT2D eigenvalue weighted by Gasteiger charge is -2.39. The van der Waals surface area contributed by atoms with Crippen molar-refractivity contribution in [1.82, 2.24) is 19.8 Å². The molecule has 1 aromatic heterocycles. The highest BCUT2D eigenvalue weighted by Gasteiger charge is 2.30. The molecule has 2 fully saturated rings. The van der Waals surface area contributed by atoms with Crippen LogP contribution in [0.15, 0.2) is 72.6 Å². The molecule has 284 valence electrons. The highest BCUT2D eigenvalue weighted by Crippen LogP contribution is 2.43. The molecule has 0 spiro atoms. The van der Waals surface area contributed by atoms with Crippen LogP contribution in [0.5, 0.6) is 0 Å². The number of amides is 1. The van der Waals surface area contributed by atoms with Gasteiger partial charge in [-0.1, -0.05) is 43.2 Å². The van der Waals surface area contributed by atoms with Gasteiger partial charge in [-0.2, -0.15) is 0 Å². The highest BCUT2D eigenvalue weighted by atomic mass is 35.5. The second-order valence-electron chi connectivity index (χ2n) is 15.3. The van der Waals surface area contributed by atoms with E-state index in [0.29, 0.717) is 28.6 Å². The quantitative estimate of drug-likeness (QED) is 0.0861. The van der Waals surface area contributed by atoms with Crippen molar-refractivity contribution in [3.8, 4) is 0 Å². The van der Waals surface area contributed by atoms with Crippen LogP contribution in [0, 0.1) is 15.5 Å². The van der Waals surface area contributed by atoms with Crippen molar-refractivity contribution in [3.63, 3.8) is 0 Å². The minimum absolute atomic E-state index is 0.137. The summed E-state index contributed by atoms with van der Waals surface area (Å²) in [5, 5.41) is 19.5. The van der Waals surface area contributed by atoms with E-state index < -0.39 is 4.92 Å². The van der Waals surface area contributed by atoms with Gasteiger partial charge in [0.15, 0.2) is 5.52 Å². The van der Waals surface area contributed by atoms with Gasteiger partial charge in [-0.25, -0.2) is 9.97 Å². The Bertz CT molecular complexity index is 1990. The highest BCUT2D eigenvalue weighted by molar-refractivity contribution is 6.30. The van der Waals surface area contributed by atoms with Gasteiger partial charge < -0.3 is 20.3 Å². The lowest BCUT2D eigenvalue weighted by Crippen LogP contribution is -2.47. The van der Waals surface area contributed by atoms with Crippen LogP contribution >= 0.6 is 11.6 Å². The molecule has 0 bridgehead atoms. The standard InChI is InChI=1S/C41H49ClN8O4/c1-41(2)15-14-34(29-4-8-32(42)9-5-29)31(26-41)27-48-18-20-49(21-19-48)33-10-6-30(7-11-33)40(51)46-39-35-12-13-36(38(50(52)53)37(35)44-28-45-39)43-16-3-17-47-22-24-54-25-23-47/h4-13,28,43H,3,14-27H2,1-2H3,(H,44,45,46,51). The van der Waals surface area contributed by atoms with Gasteiger partial charge in [-0.05, 0) is 97.3 Å². The first kappa shape index (κ1) is 37.7. The average Bonchev–Trinajstić information content (AvgIpc) is 3.17. The van der Waals surface area contributed by atoms with Crippen molar-refractivity contribution in [3.05, 3.63) is 98.8 Å². The fraction of sp³-hybridized carbons (Fsp3) is 0.439. The zero-order valence-electron chi connectivity index (χ0n) is 31.2. The number of carbonyl (C=O) groups excluding carboxylic acids is 1. The van der Waals surface area contributed by atoms with Crippen LogP contribution in [-0.2, 0) is 4.74 Å². The molecule has 12 nitrogen and oxygen atoms in total. The number of piperazine rings is 1. The zero-order chi connectivity index (χ0) is 37.7. The Morgan fingerprint density at radius 1 is 0.944 bits per heavy atom. The van der Waals surface area contributed by atoms with Gasteiger partial charge in [-0.15, -0.1) is 0 Å². The van der Waals surface area contributed by atoms with Crippen molar-refractivity contribution in [2.24, 2.45) is 5.41 Å². The molecular formula is C41H49ClN8O4. The predicted molar refractivity (Wildman–Crippen MR) is 216 cm³/mol. The molecule has 3 aliphatic rings. The summed E-state index contributed by atoms with van der Waals surface area (Å²) >= 11 is 6.20. The Labute approximate surface area is 321 Å². The third kappa shape index (κ3) is 9.01. The minimum atomic E-state index is -0.434. The van der Waals surface area contributed by atoms with Crippen LogP contribution in [0.2, 0.25) is 5.02 Å². The lowest BCUT2D eigenvalue weighted by atomic mass is 9.73. The number of nitro benzene ring substituents is 1. The Kier molecular flexibility index (Phi) is 11.7. The van der Waals surface area contributed by atoms with E-state index in [-0.39, 0.29) is 22.9 Å². The second-order valence-corrected chi connectivity index (χ2v) is 15.7. The number of morpholine rings is 1. The molecule has 4 aromatic rings. The summed E-state index contributed by atoms with van der Waals surface area (Å²) in [6.07, 6.45) is 5.46. The van der Waals surface area contributed by atoms with Gasteiger partial charge in [0.05, 0.1) is 23.5 Å². The van der Waals surface area contributed by atoms with Gasteiger partial charge >= 0.3 is 5.69 Å². The van der Waals surface area contributed by atoms with E-state index in [9.17, 15) is 14.9 Å². The fourth-order valence-electron chi connectivity index (χ4n) is 7.89. The maximum Gasteiger partial charge on any atom is 0.318 e. The predicted octanol–water partition coefficient (Wildman–Crippen LogP) is 7.36. The van der Waals surface area contributed by atoms with E-state index >= 15 is 0 Å². The van der Waals surface area contributed by atoms with Crippen molar-refractivity contribution < 1.29 is 14.5 Å². The summed E-state index contributed by atoms with van der Waals surface area (Å²) < 4.78 is 5.41. The number of ether oxygens (including phenoxy) is 1. The number of hydrogen-bond acceptors (Lipinski definition) is 10. The van der Waals surface area contributed by atoms with Crippen LogP contribution in [-0.4, -0.2) is 103 Å². The van der Waals surface area contributed by atoms with E-state index in [1.54, 1.807) is 12.1 Å². The number of allylic oxidation sites excluding steroid dienone is 1. The monoisotopic (exact) mass is 752 g/mol. The van der Waals surface area contributed by atoms with E-state index in [1.807, 2.05) is 36.4 Å². The topological polar surface area (TPSA) is 129 Å². The lowest BCUT2D eigenvalue weighted by molar-refractivity contribution is -0.382. The molecule has 0 atom stereocenters. The van der Waals surface area contributed by atoms with Crippen molar-refractivity contribution in [2.45, 2.75) is 39.5 Å². The van der Waals surface area contributed by atoms with Crippen LogP contribution in [0.25, 0.3) is 16.5 Å². The third-order valence-corrected chi connectivity index (χ3v) is 11.2. The van der Waals surface area contributed by atoms with Crippen LogP contribution < -0.4 is 15.5 Å². The van der Waals surface area contributed by atoms with Crippen LogP contribution in [0.4, 0.5) is 22.9 Å². The van der Waals surface area contributed by atoms with Gasteiger partial charge in [0.1, 0.15) is 17.8 Å². The molecule has 0 saturated carbocycles. The largest absolute Gasteiger partial charge is 0.379 e. The number of rotatable bonds is 12. The van der Waals surface area contributed by atoms with E-state index in [2.05, 4.69) is 61.3 Å². The van der Waals surface area contributed by atoms with Crippen molar-refractivity contribution >= 4 is 56.9 Å². The number of nitrogens with zero attached hydrogens (tertiary/aromatic N) is 6. The number of halogens is 1. The molecule has 2 aliphatic heterocycles. The van der Waals surface area contributed by atoms with Gasteiger partial charge in [0, 0.05) is 68.6 Å². The molecule has 54 heavy (non-hydrogen) atoms. The van der Waals surface area contributed by atoms with Crippen molar-refractivity contribution in [2.75, 3.05) is 87.7 Å². The zero-order valence-corrected chi connectivity index (χ0v) is 31.9. The summed E-state index contributed by atoms with van der Waals surface area (Å²) in [5.41, 5.74) is 6.56. The molecule has 3 heterocycles. The summed E-state index contributed by atoms with van der Waals surface area (Å²) in [5.74, 6) is -0.123. The van der Waals surface area contributed by atoms with E-state index in [0.717, 1.165) is 95.5 Å². The third-order valence-electron chi connectivity index (χ3n) is 10.9. The maximum atomic E-state index is 13.4. The first-order valence-corrected chi connectivity index (χ1v) is 19.3. The number of nitro groups is 1. The van der Waals surface area contributed by atoms with Crippen LogP contribution in [0.1, 0.15) is 55.5 Å².